The summed E-state index contributed by atoms with van der Waals surface area (Å²) in [5.74, 6) is 0.600. The van der Waals surface area contributed by atoms with Gasteiger partial charge in [-0.05, 0) is 24.6 Å². The van der Waals surface area contributed by atoms with Crippen LogP contribution in [-0.2, 0) is 4.74 Å². The number of anilines is 2. The number of hydrogen-bond donors (Lipinski definition) is 1. The predicted molar refractivity (Wildman–Crippen MR) is 78.4 cm³/mol. The van der Waals surface area contributed by atoms with Crippen molar-refractivity contribution in [2.45, 2.75) is 19.4 Å². The van der Waals surface area contributed by atoms with E-state index in [1.54, 1.807) is 0 Å². The molecule has 0 bridgehead atoms. The molecule has 0 saturated carbocycles. The maximum atomic E-state index is 5.68. The number of nitrogens with zero attached hydrogens (tertiary/aromatic N) is 1. The van der Waals surface area contributed by atoms with Gasteiger partial charge in [-0.2, -0.15) is 0 Å². The molecule has 1 fully saturated rings. The molecule has 0 aromatic heterocycles. The van der Waals surface area contributed by atoms with Crippen LogP contribution < -0.4 is 10.2 Å². The summed E-state index contributed by atoms with van der Waals surface area (Å²) in [6.45, 7) is 6.08. The van der Waals surface area contributed by atoms with Crippen LogP contribution in [0.2, 0.25) is 0 Å². The highest BCUT2D eigenvalue weighted by molar-refractivity contribution is 9.10. The summed E-state index contributed by atoms with van der Waals surface area (Å²) in [5, 5.41) is 3.57. The molecule has 1 aromatic rings. The first-order valence-corrected chi connectivity index (χ1v) is 7.46. The molecule has 3 nitrogen and oxygen atoms in total. The minimum absolute atomic E-state index is 0.521. The largest absolute Gasteiger partial charge is 0.383 e. The third-order valence-electron chi connectivity index (χ3n) is 3.85. The fraction of sp³-hybridized carbons (Fsp3) is 0.571. The van der Waals surface area contributed by atoms with Gasteiger partial charge in [0, 0.05) is 23.5 Å². The van der Waals surface area contributed by atoms with Crippen molar-refractivity contribution in [1.29, 1.82) is 0 Å². The van der Waals surface area contributed by atoms with E-state index >= 15 is 0 Å². The SMILES string of the molecule is CCCN1c2cc(Br)ccc2NCC2COCC21. The molecule has 3 rings (SSSR count). The number of rotatable bonds is 2. The van der Waals surface area contributed by atoms with E-state index in [0.29, 0.717) is 12.0 Å². The second-order valence-electron chi connectivity index (χ2n) is 5.10. The highest BCUT2D eigenvalue weighted by atomic mass is 79.9. The van der Waals surface area contributed by atoms with Gasteiger partial charge < -0.3 is 15.0 Å². The van der Waals surface area contributed by atoms with Crippen LogP contribution in [0.1, 0.15) is 13.3 Å². The number of halogens is 1. The Morgan fingerprint density at radius 1 is 1.44 bits per heavy atom. The lowest BCUT2D eigenvalue weighted by Gasteiger charge is -2.31. The third-order valence-corrected chi connectivity index (χ3v) is 4.35. The van der Waals surface area contributed by atoms with E-state index in [9.17, 15) is 0 Å². The van der Waals surface area contributed by atoms with Crippen LogP contribution in [0.4, 0.5) is 11.4 Å². The molecule has 2 aliphatic heterocycles. The van der Waals surface area contributed by atoms with Crippen molar-refractivity contribution < 1.29 is 4.74 Å². The Labute approximate surface area is 117 Å². The summed E-state index contributed by atoms with van der Waals surface area (Å²) < 4.78 is 6.82. The van der Waals surface area contributed by atoms with Gasteiger partial charge >= 0.3 is 0 Å². The first kappa shape index (κ1) is 12.3. The molecule has 2 atom stereocenters. The highest BCUT2D eigenvalue weighted by Crippen LogP contribution is 2.36. The van der Waals surface area contributed by atoms with Crippen LogP contribution in [-0.4, -0.2) is 32.3 Å². The summed E-state index contributed by atoms with van der Waals surface area (Å²) in [7, 11) is 0. The summed E-state index contributed by atoms with van der Waals surface area (Å²) in [5.41, 5.74) is 2.56. The summed E-state index contributed by atoms with van der Waals surface area (Å²) in [4.78, 5) is 2.53. The summed E-state index contributed by atoms with van der Waals surface area (Å²) >= 11 is 3.58. The molecule has 2 aliphatic rings. The normalized spacial score (nSPS) is 26.2. The Bertz CT molecular complexity index is 438. The molecule has 2 unspecified atom stereocenters. The van der Waals surface area contributed by atoms with E-state index in [2.05, 4.69) is 51.3 Å². The summed E-state index contributed by atoms with van der Waals surface area (Å²) in [6.07, 6.45) is 1.16. The number of fused-ring (bicyclic) bond motifs is 2. The van der Waals surface area contributed by atoms with Gasteiger partial charge in [0.2, 0.25) is 0 Å². The van der Waals surface area contributed by atoms with Crippen LogP contribution in [0.25, 0.3) is 0 Å². The maximum Gasteiger partial charge on any atom is 0.0674 e. The van der Waals surface area contributed by atoms with E-state index in [1.165, 1.54) is 11.4 Å². The number of nitrogens with one attached hydrogen (secondary N) is 1. The quantitative estimate of drug-likeness (QED) is 0.908. The second-order valence-corrected chi connectivity index (χ2v) is 6.02. The fourth-order valence-corrected chi connectivity index (χ4v) is 3.31. The topological polar surface area (TPSA) is 24.5 Å². The van der Waals surface area contributed by atoms with E-state index in [1.807, 2.05) is 0 Å². The van der Waals surface area contributed by atoms with Gasteiger partial charge in [-0.3, -0.25) is 0 Å². The average Bonchev–Trinajstić information content (AvgIpc) is 2.78. The molecule has 4 heteroatoms. The fourth-order valence-electron chi connectivity index (χ4n) is 2.97. The molecular formula is C14H19BrN2O. The number of hydrogen-bond acceptors (Lipinski definition) is 3. The molecular weight excluding hydrogens is 292 g/mol. The Kier molecular flexibility index (Phi) is 3.48. The lowest BCUT2D eigenvalue weighted by atomic mass is 10.0. The minimum Gasteiger partial charge on any atom is -0.383 e. The van der Waals surface area contributed by atoms with Crippen molar-refractivity contribution in [3.63, 3.8) is 0 Å². The van der Waals surface area contributed by atoms with Gasteiger partial charge in [0.05, 0.1) is 30.6 Å². The monoisotopic (exact) mass is 310 g/mol. The predicted octanol–water partition coefficient (Wildman–Crippen LogP) is 3.11. The van der Waals surface area contributed by atoms with Crippen LogP contribution >= 0.6 is 15.9 Å². The van der Waals surface area contributed by atoms with E-state index in [4.69, 9.17) is 4.74 Å². The third kappa shape index (κ3) is 2.12. The van der Waals surface area contributed by atoms with Gasteiger partial charge in [-0.15, -0.1) is 0 Å². The zero-order valence-corrected chi connectivity index (χ0v) is 12.2. The average molecular weight is 311 g/mol. The summed E-state index contributed by atoms with van der Waals surface area (Å²) in [6, 6.07) is 7.02. The van der Waals surface area contributed by atoms with Crippen LogP contribution in [0.3, 0.4) is 0 Å². The molecule has 1 N–H and O–H groups in total. The van der Waals surface area contributed by atoms with Gasteiger partial charge in [0.25, 0.3) is 0 Å². The maximum absolute atomic E-state index is 5.68. The van der Waals surface area contributed by atoms with Crippen molar-refractivity contribution in [2.24, 2.45) is 5.92 Å². The van der Waals surface area contributed by atoms with Crippen molar-refractivity contribution in [1.82, 2.24) is 0 Å². The molecule has 18 heavy (non-hydrogen) atoms. The Morgan fingerprint density at radius 2 is 2.33 bits per heavy atom. The molecule has 0 spiro atoms. The van der Waals surface area contributed by atoms with Gasteiger partial charge in [0.15, 0.2) is 0 Å². The van der Waals surface area contributed by atoms with Crippen LogP contribution in [0.15, 0.2) is 22.7 Å². The van der Waals surface area contributed by atoms with Gasteiger partial charge in [-0.1, -0.05) is 22.9 Å². The van der Waals surface area contributed by atoms with Gasteiger partial charge in [0.1, 0.15) is 0 Å². The molecule has 98 valence electrons. The first-order valence-electron chi connectivity index (χ1n) is 6.67. The van der Waals surface area contributed by atoms with Crippen LogP contribution in [0.5, 0.6) is 0 Å². The second kappa shape index (κ2) is 5.10. The van der Waals surface area contributed by atoms with Crippen LogP contribution in [0, 0.1) is 5.92 Å². The Balaban J connectivity index is 2.01. The smallest absolute Gasteiger partial charge is 0.0674 e. The number of benzene rings is 1. The molecule has 1 aromatic carbocycles. The van der Waals surface area contributed by atoms with E-state index in [-0.39, 0.29) is 0 Å². The lowest BCUT2D eigenvalue weighted by Crippen LogP contribution is -2.41. The molecule has 0 aliphatic carbocycles. The molecule has 2 heterocycles. The standard InChI is InChI=1S/C14H19BrN2O/c1-2-5-17-13-6-11(15)3-4-12(13)16-7-10-8-18-9-14(10)17/h3-4,6,10,14,16H,2,5,7-9H2,1H3. The van der Waals surface area contributed by atoms with Crippen molar-refractivity contribution >= 4 is 27.3 Å². The highest BCUT2D eigenvalue weighted by Gasteiger charge is 2.35. The van der Waals surface area contributed by atoms with E-state index in [0.717, 1.165) is 37.2 Å². The molecule has 1 saturated heterocycles. The lowest BCUT2D eigenvalue weighted by molar-refractivity contribution is 0.185. The Morgan fingerprint density at radius 3 is 3.17 bits per heavy atom. The zero-order chi connectivity index (χ0) is 12.5. The van der Waals surface area contributed by atoms with Gasteiger partial charge in [-0.25, -0.2) is 0 Å². The first-order chi connectivity index (χ1) is 8.79. The number of ether oxygens (including phenoxy) is 1. The zero-order valence-electron chi connectivity index (χ0n) is 10.7. The van der Waals surface area contributed by atoms with Crippen molar-refractivity contribution in [2.75, 3.05) is 36.5 Å². The minimum atomic E-state index is 0.521. The van der Waals surface area contributed by atoms with Crippen molar-refractivity contribution in [3.05, 3.63) is 22.7 Å². The molecule has 0 amide bonds. The molecule has 0 radical (unpaired) electrons. The van der Waals surface area contributed by atoms with Crippen molar-refractivity contribution in [3.8, 4) is 0 Å². The van der Waals surface area contributed by atoms with E-state index < -0.39 is 0 Å². The Hall–Kier alpha value is -0.740.